The number of hydrogen-bond acceptors (Lipinski definition) is 2. The number of Topliss-reactive ketones (excluding diaryl/α,β-unsaturated/α-hetero) is 1. The van der Waals surface area contributed by atoms with Crippen molar-refractivity contribution < 1.29 is 4.79 Å². The lowest BCUT2D eigenvalue weighted by Gasteiger charge is -2.18. The van der Waals surface area contributed by atoms with Crippen LogP contribution in [-0.4, -0.2) is 28.8 Å². The number of aromatic amines is 2. The van der Waals surface area contributed by atoms with E-state index in [1.54, 1.807) is 0 Å². The SMILES string of the molecule is O=C1/C(=C/c2c[nH]c3ccccc23)CNC/C1=C\c1c[nH]c2ccccc12. The number of fused-ring (bicyclic) bond motifs is 2. The number of carbonyl (C=O) groups excluding carboxylic acids is 1. The van der Waals surface area contributed by atoms with Gasteiger partial charge in [0.05, 0.1) is 0 Å². The third kappa shape index (κ3) is 2.80. The lowest BCUT2D eigenvalue weighted by atomic mass is 9.95. The van der Waals surface area contributed by atoms with Crippen molar-refractivity contribution in [3.63, 3.8) is 0 Å². The van der Waals surface area contributed by atoms with Gasteiger partial charge < -0.3 is 15.3 Å². The number of para-hydroxylation sites is 2. The summed E-state index contributed by atoms with van der Waals surface area (Å²) in [6.07, 6.45) is 7.91. The Kier molecular flexibility index (Phi) is 3.77. The summed E-state index contributed by atoms with van der Waals surface area (Å²) in [6, 6.07) is 16.3. The van der Waals surface area contributed by atoms with Gasteiger partial charge >= 0.3 is 0 Å². The second kappa shape index (κ2) is 6.41. The van der Waals surface area contributed by atoms with Crippen molar-refractivity contribution in [1.29, 1.82) is 0 Å². The fourth-order valence-corrected chi connectivity index (χ4v) is 3.73. The second-order valence-corrected chi connectivity index (χ2v) is 6.85. The molecule has 0 atom stereocenters. The zero-order valence-electron chi connectivity index (χ0n) is 14.8. The Balaban J connectivity index is 1.52. The number of hydrogen-bond donors (Lipinski definition) is 3. The normalized spacial score (nSPS) is 18.1. The van der Waals surface area contributed by atoms with E-state index >= 15 is 0 Å². The summed E-state index contributed by atoms with van der Waals surface area (Å²) in [6.45, 7) is 1.17. The number of H-pyrrole nitrogens is 2. The first-order chi connectivity index (χ1) is 13.3. The number of nitrogens with one attached hydrogen (secondary N) is 3. The molecule has 4 aromatic rings. The highest BCUT2D eigenvalue weighted by Gasteiger charge is 2.21. The van der Waals surface area contributed by atoms with Gasteiger partial charge in [0.2, 0.25) is 0 Å². The van der Waals surface area contributed by atoms with Gasteiger partial charge in [0.15, 0.2) is 5.78 Å². The van der Waals surface area contributed by atoms with Crippen LogP contribution in [0.25, 0.3) is 34.0 Å². The molecule has 0 bridgehead atoms. The Hall–Kier alpha value is -3.37. The number of aromatic nitrogens is 2. The minimum atomic E-state index is 0.115. The molecule has 1 fully saturated rings. The van der Waals surface area contributed by atoms with Crippen molar-refractivity contribution in [1.82, 2.24) is 15.3 Å². The highest BCUT2D eigenvalue weighted by molar-refractivity contribution is 6.15. The first kappa shape index (κ1) is 15.9. The third-order valence-corrected chi connectivity index (χ3v) is 5.12. The fraction of sp³-hybridized carbons (Fsp3) is 0.0870. The van der Waals surface area contributed by atoms with Crippen molar-refractivity contribution in [3.8, 4) is 0 Å². The average Bonchev–Trinajstić information content (AvgIpc) is 3.30. The first-order valence-electron chi connectivity index (χ1n) is 9.08. The van der Waals surface area contributed by atoms with Crippen molar-refractivity contribution in [2.24, 2.45) is 0 Å². The summed E-state index contributed by atoms with van der Waals surface area (Å²) < 4.78 is 0. The van der Waals surface area contributed by atoms with Crippen LogP contribution in [0.4, 0.5) is 0 Å². The topological polar surface area (TPSA) is 60.7 Å². The van der Waals surface area contributed by atoms with Gasteiger partial charge in [-0.3, -0.25) is 4.79 Å². The molecule has 4 nitrogen and oxygen atoms in total. The summed E-state index contributed by atoms with van der Waals surface area (Å²) in [7, 11) is 0. The maximum atomic E-state index is 13.1. The van der Waals surface area contributed by atoms with Crippen LogP contribution in [0.2, 0.25) is 0 Å². The highest BCUT2D eigenvalue weighted by Crippen LogP contribution is 2.25. The molecule has 0 spiro atoms. The van der Waals surface area contributed by atoms with Gasteiger partial charge in [0, 0.05) is 69.6 Å². The van der Waals surface area contributed by atoms with E-state index in [4.69, 9.17) is 0 Å². The summed E-state index contributed by atoms with van der Waals surface area (Å²) in [4.78, 5) is 19.6. The summed E-state index contributed by atoms with van der Waals surface area (Å²) in [5, 5.41) is 5.62. The molecule has 0 amide bonds. The van der Waals surface area contributed by atoms with Gasteiger partial charge in [0.1, 0.15) is 0 Å². The van der Waals surface area contributed by atoms with Crippen LogP contribution < -0.4 is 5.32 Å². The minimum absolute atomic E-state index is 0.115. The number of piperidine rings is 1. The molecule has 0 radical (unpaired) electrons. The van der Waals surface area contributed by atoms with E-state index in [1.165, 1.54) is 0 Å². The number of benzene rings is 2. The van der Waals surface area contributed by atoms with Crippen LogP contribution in [0.15, 0.2) is 72.1 Å². The van der Waals surface area contributed by atoms with E-state index in [0.29, 0.717) is 13.1 Å². The average molecular weight is 353 g/mol. The minimum Gasteiger partial charge on any atom is -0.361 e. The van der Waals surface area contributed by atoms with Crippen molar-refractivity contribution in [3.05, 3.63) is 83.2 Å². The molecular weight excluding hydrogens is 334 g/mol. The van der Waals surface area contributed by atoms with Crippen LogP contribution in [0.3, 0.4) is 0 Å². The van der Waals surface area contributed by atoms with Gasteiger partial charge in [-0.05, 0) is 24.3 Å². The first-order valence-corrected chi connectivity index (χ1v) is 9.08. The smallest absolute Gasteiger partial charge is 0.187 e. The van der Waals surface area contributed by atoms with Gasteiger partial charge in [-0.2, -0.15) is 0 Å². The standard InChI is InChI=1S/C23H19N3O/c27-23-17(9-15-13-25-21-7-3-1-5-19(15)21)11-24-12-18(23)10-16-14-26-22-8-4-2-6-20(16)22/h1-10,13-14,24-26H,11-12H2/b17-9+,18-10+. The Morgan fingerprint density at radius 3 is 1.70 bits per heavy atom. The largest absolute Gasteiger partial charge is 0.361 e. The molecule has 132 valence electrons. The fourth-order valence-electron chi connectivity index (χ4n) is 3.73. The molecule has 3 N–H and O–H groups in total. The zero-order chi connectivity index (χ0) is 18.2. The molecule has 1 saturated heterocycles. The number of rotatable bonds is 2. The second-order valence-electron chi connectivity index (χ2n) is 6.85. The highest BCUT2D eigenvalue weighted by atomic mass is 16.1. The van der Waals surface area contributed by atoms with Crippen LogP contribution in [-0.2, 0) is 4.79 Å². The molecule has 0 saturated carbocycles. The van der Waals surface area contributed by atoms with Crippen LogP contribution in [0.5, 0.6) is 0 Å². The number of ketones is 1. The van der Waals surface area contributed by atoms with Gasteiger partial charge in [0.25, 0.3) is 0 Å². The van der Waals surface area contributed by atoms with Gasteiger partial charge in [-0.25, -0.2) is 0 Å². The zero-order valence-corrected chi connectivity index (χ0v) is 14.8. The van der Waals surface area contributed by atoms with Crippen molar-refractivity contribution in [2.75, 3.05) is 13.1 Å². The molecule has 2 aromatic carbocycles. The summed E-state index contributed by atoms with van der Waals surface area (Å²) in [5.74, 6) is 0.115. The van der Waals surface area contributed by atoms with Crippen molar-refractivity contribution in [2.45, 2.75) is 0 Å². The quantitative estimate of drug-likeness (QED) is 0.471. The van der Waals surface area contributed by atoms with E-state index < -0.39 is 0 Å². The third-order valence-electron chi connectivity index (χ3n) is 5.12. The number of carbonyl (C=O) groups is 1. The predicted molar refractivity (Wildman–Crippen MR) is 110 cm³/mol. The monoisotopic (exact) mass is 353 g/mol. The Morgan fingerprint density at radius 2 is 1.19 bits per heavy atom. The molecule has 0 aliphatic carbocycles. The molecule has 3 heterocycles. The van der Waals surface area contributed by atoms with E-state index in [9.17, 15) is 4.79 Å². The molecule has 2 aromatic heterocycles. The molecule has 27 heavy (non-hydrogen) atoms. The van der Waals surface area contributed by atoms with Crippen molar-refractivity contribution >= 4 is 39.7 Å². The van der Waals surface area contributed by atoms with E-state index in [-0.39, 0.29) is 5.78 Å². The molecule has 4 heteroatoms. The molecule has 0 unspecified atom stereocenters. The van der Waals surface area contributed by atoms with E-state index in [2.05, 4.69) is 27.4 Å². The lowest BCUT2D eigenvalue weighted by Crippen LogP contribution is -2.32. The van der Waals surface area contributed by atoms with Crippen LogP contribution >= 0.6 is 0 Å². The summed E-state index contributed by atoms with van der Waals surface area (Å²) in [5.41, 5.74) is 5.83. The van der Waals surface area contributed by atoms with E-state index in [0.717, 1.165) is 44.1 Å². The lowest BCUT2D eigenvalue weighted by molar-refractivity contribution is -0.112. The Morgan fingerprint density at radius 1 is 0.704 bits per heavy atom. The Bertz CT molecular complexity index is 1130. The maximum Gasteiger partial charge on any atom is 0.187 e. The molecule has 1 aliphatic rings. The van der Waals surface area contributed by atoms with Gasteiger partial charge in [-0.15, -0.1) is 0 Å². The van der Waals surface area contributed by atoms with Crippen LogP contribution in [0.1, 0.15) is 11.1 Å². The van der Waals surface area contributed by atoms with Gasteiger partial charge in [-0.1, -0.05) is 36.4 Å². The van der Waals surface area contributed by atoms with E-state index in [1.807, 2.05) is 60.9 Å². The summed E-state index contributed by atoms with van der Waals surface area (Å²) >= 11 is 0. The molecule has 5 rings (SSSR count). The molecular formula is C23H19N3O. The maximum absolute atomic E-state index is 13.1. The Labute approximate surface area is 156 Å². The molecule has 1 aliphatic heterocycles. The van der Waals surface area contributed by atoms with Crippen LogP contribution in [0, 0.1) is 0 Å². The predicted octanol–water partition coefficient (Wildman–Crippen LogP) is 4.29.